The van der Waals surface area contributed by atoms with Gasteiger partial charge >= 0.3 is 6.03 Å². The van der Waals surface area contributed by atoms with Gasteiger partial charge in [0.05, 0.1) is 42.0 Å². The van der Waals surface area contributed by atoms with E-state index in [1.807, 2.05) is 17.0 Å². The van der Waals surface area contributed by atoms with E-state index >= 15 is 0 Å². The van der Waals surface area contributed by atoms with Gasteiger partial charge in [-0.1, -0.05) is 11.3 Å². The lowest BCUT2D eigenvalue weighted by molar-refractivity contribution is -0.146. The fraction of sp³-hybridized carbons (Fsp3) is 0.556. The van der Waals surface area contributed by atoms with E-state index in [1.165, 1.54) is 11.3 Å². The van der Waals surface area contributed by atoms with Crippen LogP contribution in [0.25, 0.3) is 10.2 Å². The van der Waals surface area contributed by atoms with Crippen LogP contribution in [0.4, 0.5) is 18.7 Å². The summed E-state index contributed by atoms with van der Waals surface area (Å²) >= 11 is 1.48. The summed E-state index contributed by atoms with van der Waals surface area (Å²) in [6, 6.07) is 3.58. The van der Waals surface area contributed by atoms with E-state index in [4.69, 9.17) is 9.72 Å². The zero-order valence-electron chi connectivity index (χ0n) is 14.5. The van der Waals surface area contributed by atoms with Crippen LogP contribution in [0.1, 0.15) is 18.4 Å². The number of aromatic nitrogens is 1. The lowest BCUT2D eigenvalue weighted by Gasteiger charge is -2.45. The maximum Gasteiger partial charge on any atom is 0.324 e. The van der Waals surface area contributed by atoms with Crippen molar-refractivity contribution in [1.29, 1.82) is 0 Å². The number of hydrogen-bond acceptors (Lipinski definition) is 5. The minimum Gasteiger partial charge on any atom is -0.493 e. The first-order valence-corrected chi connectivity index (χ1v) is 10.1. The number of urea groups is 1. The number of ether oxygens (including phenoxy) is 1. The summed E-state index contributed by atoms with van der Waals surface area (Å²) in [4.78, 5) is 21.0. The number of halogens is 2. The molecule has 0 unspecified atom stereocenters. The molecule has 0 radical (unpaired) electrons. The predicted octanol–water partition coefficient (Wildman–Crippen LogP) is 2.61. The lowest BCUT2D eigenvalue weighted by atomic mass is 10.0. The third-order valence-electron chi connectivity index (χ3n) is 6.17. The maximum absolute atomic E-state index is 13.4. The number of carbonyl (C=O) groups excluding carboxylic acids is 1. The fourth-order valence-electron chi connectivity index (χ4n) is 4.99. The number of fused-ring (bicyclic) bond motifs is 4. The molecule has 0 bridgehead atoms. The van der Waals surface area contributed by atoms with Gasteiger partial charge in [-0.3, -0.25) is 9.80 Å². The third-order valence-corrected chi connectivity index (χ3v) is 7.19. The highest BCUT2D eigenvalue weighted by atomic mass is 32.1. The number of carbonyl (C=O) groups is 1. The number of amides is 2. The van der Waals surface area contributed by atoms with Crippen LogP contribution in [0.2, 0.25) is 0 Å². The van der Waals surface area contributed by atoms with E-state index in [2.05, 4.69) is 5.32 Å². The highest BCUT2D eigenvalue weighted by Crippen LogP contribution is 2.43. The van der Waals surface area contributed by atoms with E-state index < -0.39 is 5.92 Å². The van der Waals surface area contributed by atoms with Crippen LogP contribution < -0.4 is 15.0 Å². The third kappa shape index (κ3) is 2.24. The Kier molecular flexibility index (Phi) is 3.13. The molecular weight excluding hydrogens is 374 g/mol. The number of nitrogens with one attached hydrogen (secondary N) is 1. The summed E-state index contributed by atoms with van der Waals surface area (Å²) in [7, 11) is 0. The number of thiazole rings is 1. The van der Waals surface area contributed by atoms with Gasteiger partial charge in [-0.15, -0.1) is 0 Å². The van der Waals surface area contributed by atoms with Crippen LogP contribution in [0.3, 0.4) is 0 Å². The first-order chi connectivity index (χ1) is 13.0. The second-order valence-electron chi connectivity index (χ2n) is 7.81. The van der Waals surface area contributed by atoms with E-state index in [9.17, 15) is 13.6 Å². The van der Waals surface area contributed by atoms with Crippen LogP contribution >= 0.6 is 11.3 Å². The van der Waals surface area contributed by atoms with Crippen molar-refractivity contribution in [2.24, 2.45) is 0 Å². The molecule has 1 aromatic heterocycles. The van der Waals surface area contributed by atoms with Crippen molar-refractivity contribution < 1.29 is 18.3 Å². The first-order valence-electron chi connectivity index (χ1n) is 9.27. The summed E-state index contributed by atoms with van der Waals surface area (Å²) in [5, 5.41) is 3.68. The van der Waals surface area contributed by atoms with Crippen LogP contribution in [0.5, 0.6) is 5.75 Å². The first kappa shape index (κ1) is 16.0. The van der Waals surface area contributed by atoms with Crippen molar-refractivity contribution in [3.05, 3.63) is 17.7 Å². The minimum absolute atomic E-state index is 0.00205. The molecule has 1 aromatic carbocycles. The average molecular weight is 392 g/mol. The molecule has 6 rings (SSSR count). The van der Waals surface area contributed by atoms with E-state index in [-0.39, 0.29) is 37.2 Å². The molecule has 142 valence electrons. The molecule has 0 spiro atoms. The molecule has 1 N–H and O–H groups in total. The van der Waals surface area contributed by atoms with Crippen molar-refractivity contribution in [2.45, 2.75) is 43.3 Å². The number of benzene rings is 1. The van der Waals surface area contributed by atoms with Gasteiger partial charge in [0.1, 0.15) is 5.75 Å². The van der Waals surface area contributed by atoms with E-state index in [1.54, 1.807) is 4.90 Å². The number of nitrogens with zero attached hydrogens (tertiary/aromatic N) is 3. The Morgan fingerprint density at radius 1 is 1.30 bits per heavy atom. The Labute approximate surface area is 158 Å². The molecular formula is C18H18F2N4O2S. The average Bonchev–Trinajstić information content (AvgIpc) is 3.33. The predicted molar refractivity (Wildman–Crippen MR) is 96.9 cm³/mol. The molecule has 1 saturated carbocycles. The van der Waals surface area contributed by atoms with Crippen molar-refractivity contribution in [2.75, 3.05) is 24.6 Å². The smallest absolute Gasteiger partial charge is 0.324 e. The summed E-state index contributed by atoms with van der Waals surface area (Å²) in [6.45, 7) is 0.225. The monoisotopic (exact) mass is 392 g/mol. The van der Waals surface area contributed by atoms with Gasteiger partial charge in [0.2, 0.25) is 0 Å². The summed E-state index contributed by atoms with van der Waals surface area (Å²) < 4.78 is 33.4. The van der Waals surface area contributed by atoms with Crippen LogP contribution in [0.15, 0.2) is 12.1 Å². The van der Waals surface area contributed by atoms with Gasteiger partial charge < -0.3 is 10.1 Å². The second-order valence-corrected chi connectivity index (χ2v) is 8.82. The topological polar surface area (TPSA) is 57.7 Å². The van der Waals surface area contributed by atoms with E-state index in [0.29, 0.717) is 11.7 Å². The fourth-order valence-corrected chi connectivity index (χ4v) is 6.03. The maximum atomic E-state index is 13.4. The zero-order valence-corrected chi connectivity index (χ0v) is 15.3. The number of anilines is 1. The zero-order chi connectivity index (χ0) is 18.3. The largest absolute Gasteiger partial charge is 0.493 e. The van der Waals surface area contributed by atoms with Gasteiger partial charge in [-0.2, -0.15) is 0 Å². The standard InChI is InChI=1S/C18H18F2N4O2S/c19-18(20)7-23(8-18)11-2-1-10-15(11)24(16(25)21-10)17-22-14-9-5-6-26-12(9)3-4-13(14)27-17/h3-4,10-11,15H,1-2,5-8H2,(H,21,25)/t10-,11+,15-/m0/s1. The summed E-state index contributed by atoms with van der Waals surface area (Å²) in [6.07, 6.45) is 2.45. The molecule has 4 heterocycles. The van der Waals surface area contributed by atoms with Gasteiger partial charge in [-0.25, -0.2) is 18.6 Å². The number of rotatable bonds is 2. The van der Waals surface area contributed by atoms with Crippen molar-refractivity contribution in [3.8, 4) is 5.75 Å². The van der Waals surface area contributed by atoms with Gasteiger partial charge in [0, 0.05) is 18.0 Å². The summed E-state index contributed by atoms with van der Waals surface area (Å²) in [5.41, 5.74) is 1.99. The van der Waals surface area contributed by atoms with Gasteiger partial charge in [0.15, 0.2) is 5.13 Å². The molecule has 2 amide bonds. The van der Waals surface area contributed by atoms with Crippen LogP contribution in [-0.2, 0) is 6.42 Å². The Hall–Kier alpha value is -2.00. The SMILES string of the molecule is O=C1N[C@H]2CC[C@@H](N3CC(F)(F)C3)[C@H]2N1c1nc2c3c(ccc2s1)OCC3. The molecule has 3 atom stereocenters. The molecule has 3 fully saturated rings. The lowest BCUT2D eigenvalue weighted by Crippen LogP contribution is -2.63. The summed E-state index contributed by atoms with van der Waals surface area (Å²) in [5.74, 6) is -1.74. The molecule has 27 heavy (non-hydrogen) atoms. The van der Waals surface area contributed by atoms with Gasteiger partial charge in [-0.05, 0) is 25.0 Å². The Bertz CT molecular complexity index is 956. The van der Waals surface area contributed by atoms with Crippen molar-refractivity contribution >= 4 is 32.7 Å². The van der Waals surface area contributed by atoms with Crippen molar-refractivity contribution in [1.82, 2.24) is 15.2 Å². The normalized spacial score (nSPS) is 31.6. The van der Waals surface area contributed by atoms with Crippen molar-refractivity contribution in [3.63, 3.8) is 0 Å². The highest BCUT2D eigenvalue weighted by Gasteiger charge is 2.56. The Morgan fingerprint density at radius 2 is 2.15 bits per heavy atom. The quantitative estimate of drug-likeness (QED) is 0.854. The molecule has 9 heteroatoms. The Balaban J connectivity index is 1.37. The Morgan fingerprint density at radius 3 is 2.96 bits per heavy atom. The number of alkyl halides is 2. The van der Waals surface area contributed by atoms with Crippen LogP contribution in [-0.4, -0.2) is 59.7 Å². The molecule has 2 aromatic rings. The highest BCUT2D eigenvalue weighted by molar-refractivity contribution is 7.22. The number of likely N-dealkylation sites (tertiary alicyclic amines) is 1. The second kappa shape index (κ2) is 5.29. The van der Waals surface area contributed by atoms with Gasteiger partial charge in [0.25, 0.3) is 5.92 Å². The van der Waals surface area contributed by atoms with E-state index in [0.717, 1.165) is 40.8 Å². The van der Waals surface area contributed by atoms with Crippen LogP contribution in [0, 0.1) is 0 Å². The molecule has 2 saturated heterocycles. The number of hydrogen-bond donors (Lipinski definition) is 1. The molecule has 1 aliphatic carbocycles. The molecule has 6 nitrogen and oxygen atoms in total. The minimum atomic E-state index is -2.60. The molecule has 4 aliphatic rings. The molecule has 3 aliphatic heterocycles.